The summed E-state index contributed by atoms with van der Waals surface area (Å²) in [5.74, 6) is 0.0510. The molecule has 1 aromatic rings. The summed E-state index contributed by atoms with van der Waals surface area (Å²) in [4.78, 5) is 13.9. The number of rotatable bonds is 1. The lowest BCUT2D eigenvalue weighted by Gasteiger charge is -2.47. The number of furan rings is 1. The normalized spacial score (nSPS) is 35.6. The largest absolute Gasteiger partial charge is 0.459 e. The van der Waals surface area contributed by atoms with Gasteiger partial charge in [0.15, 0.2) is 5.76 Å². The molecule has 1 amide bonds. The third-order valence-corrected chi connectivity index (χ3v) is 4.15. The van der Waals surface area contributed by atoms with Gasteiger partial charge in [-0.05, 0) is 31.4 Å². The zero-order valence-corrected chi connectivity index (χ0v) is 10.0. The van der Waals surface area contributed by atoms with Gasteiger partial charge in [-0.25, -0.2) is 0 Å². The van der Waals surface area contributed by atoms with Gasteiger partial charge in [-0.1, -0.05) is 0 Å². The predicted octanol–water partition coefficient (Wildman–Crippen LogP) is 0.626. The molecule has 2 heterocycles. The van der Waals surface area contributed by atoms with Gasteiger partial charge < -0.3 is 19.5 Å². The van der Waals surface area contributed by atoms with Gasteiger partial charge in [0.2, 0.25) is 0 Å². The summed E-state index contributed by atoms with van der Waals surface area (Å²) in [6.45, 7) is 0.284. The van der Waals surface area contributed by atoms with Crippen LogP contribution < -0.4 is 0 Å². The SMILES string of the molecule is O=C(c1ccco1)N1C[C@H](O)[C@@H]2C[C@@H]1CC[C@@H]2O. The Morgan fingerprint density at radius 3 is 2.89 bits per heavy atom. The molecule has 1 saturated carbocycles. The molecule has 1 saturated heterocycles. The van der Waals surface area contributed by atoms with Crippen molar-refractivity contribution in [3.63, 3.8) is 0 Å². The van der Waals surface area contributed by atoms with Crippen LogP contribution in [0, 0.1) is 5.92 Å². The first-order valence-electron chi connectivity index (χ1n) is 6.37. The van der Waals surface area contributed by atoms with Crippen molar-refractivity contribution in [2.24, 2.45) is 5.92 Å². The number of aliphatic hydroxyl groups excluding tert-OH is 2. The fourth-order valence-electron chi connectivity index (χ4n) is 3.14. The van der Waals surface area contributed by atoms with E-state index in [1.165, 1.54) is 6.26 Å². The number of carbonyl (C=O) groups excluding carboxylic acids is 1. The summed E-state index contributed by atoms with van der Waals surface area (Å²) in [6.07, 6.45) is 2.51. The van der Waals surface area contributed by atoms with E-state index in [1.54, 1.807) is 17.0 Å². The second kappa shape index (κ2) is 4.40. The van der Waals surface area contributed by atoms with E-state index in [4.69, 9.17) is 4.42 Å². The second-order valence-corrected chi connectivity index (χ2v) is 5.20. The van der Waals surface area contributed by atoms with Crippen molar-refractivity contribution in [1.29, 1.82) is 0 Å². The minimum Gasteiger partial charge on any atom is -0.459 e. The number of hydrogen-bond acceptors (Lipinski definition) is 4. The van der Waals surface area contributed by atoms with Crippen LogP contribution in [0.15, 0.2) is 22.8 Å². The van der Waals surface area contributed by atoms with Gasteiger partial charge in [-0.2, -0.15) is 0 Å². The van der Waals surface area contributed by atoms with Crippen LogP contribution in [-0.4, -0.2) is 45.8 Å². The Balaban J connectivity index is 1.80. The van der Waals surface area contributed by atoms with E-state index in [0.717, 1.165) is 6.42 Å². The lowest BCUT2D eigenvalue weighted by atomic mass is 9.76. The monoisotopic (exact) mass is 251 g/mol. The molecule has 3 rings (SSSR count). The topological polar surface area (TPSA) is 73.9 Å². The average Bonchev–Trinajstić information content (AvgIpc) is 2.89. The van der Waals surface area contributed by atoms with Crippen LogP contribution in [0.1, 0.15) is 29.8 Å². The van der Waals surface area contributed by atoms with E-state index >= 15 is 0 Å². The number of likely N-dealkylation sites (tertiary alicyclic amines) is 1. The molecule has 5 nitrogen and oxygen atoms in total. The minimum atomic E-state index is -0.643. The van der Waals surface area contributed by atoms with E-state index in [0.29, 0.717) is 18.6 Å². The lowest BCUT2D eigenvalue weighted by molar-refractivity contribution is -0.0798. The summed E-state index contributed by atoms with van der Waals surface area (Å²) < 4.78 is 5.12. The highest BCUT2D eigenvalue weighted by atomic mass is 16.3. The predicted molar refractivity (Wildman–Crippen MR) is 62.9 cm³/mol. The number of amides is 1. The molecular weight excluding hydrogens is 234 g/mol. The quantitative estimate of drug-likeness (QED) is 0.767. The molecule has 1 aromatic heterocycles. The summed E-state index contributed by atoms with van der Waals surface area (Å²) in [6, 6.07) is 3.43. The van der Waals surface area contributed by atoms with Gasteiger partial charge in [0.1, 0.15) is 0 Å². The summed E-state index contributed by atoms with van der Waals surface area (Å²) in [7, 11) is 0. The van der Waals surface area contributed by atoms with Crippen LogP contribution >= 0.6 is 0 Å². The molecular formula is C13H17NO4. The van der Waals surface area contributed by atoms with Crippen molar-refractivity contribution in [1.82, 2.24) is 4.90 Å². The molecule has 1 aliphatic carbocycles. The summed E-state index contributed by atoms with van der Waals surface area (Å²) in [5, 5.41) is 19.8. The first-order valence-corrected chi connectivity index (χ1v) is 6.37. The van der Waals surface area contributed by atoms with Gasteiger partial charge >= 0.3 is 0 Å². The number of piperidine rings is 1. The van der Waals surface area contributed by atoms with Crippen molar-refractivity contribution >= 4 is 5.91 Å². The lowest BCUT2D eigenvalue weighted by Crippen LogP contribution is -2.57. The van der Waals surface area contributed by atoms with E-state index < -0.39 is 12.2 Å². The number of hydrogen-bond donors (Lipinski definition) is 2. The molecule has 2 aliphatic rings. The van der Waals surface area contributed by atoms with Crippen molar-refractivity contribution < 1.29 is 19.4 Å². The van der Waals surface area contributed by atoms with Crippen LogP contribution in [0.25, 0.3) is 0 Å². The Morgan fingerprint density at radius 1 is 1.33 bits per heavy atom. The molecule has 2 fully saturated rings. The molecule has 0 radical (unpaired) electrons. The third-order valence-electron chi connectivity index (χ3n) is 4.15. The Hall–Kier alpha value is -1.33. The van der Waals surface area contributed by atoms with Gasteiger partial charge in [-0.15, -0.1) is 0 Å². The minimum absolute atomic E-state index is 0.0931. The maximum absolute atomic E-state index is 12.2. The molecule has 0 aromatic carbocycles. The second-order valence-electron chi connectivity index (χ2n) is 5.20. The number of fused-ring (bicyclic) bond motifs is 2. The number of aliphatic hydroxyl groups is 2. The van der Waals surface area contributed by atoms with Crippen LogP contribution in [0.4, 0.5) is 0 Å². The van der Waals surface area contributed by atoms with Gasteiger partial charge in [0.25, 0.3) is 5.91 Å². The number of nitrogens with zero attached hydrogens (tertiary/aromatic N) is 1. The van der Waals surface area contributed by atoms with Crippen molar-refractivity contribution in [2.45, 2.75) is 37.5 Å². The zero-order valence-electron chi connectivity index (χ0n) is 10.0. The third kappa shape index (κ3) is 1.83. The van der Waals surface area contributed by atoms with Gasteiger partial charge in [-0.3, -0.25) is 4.79 Å². The van der Waals surface area contributed by atoms with E-state index in [-0.39, 0.29) is 24.4 Å². The van der Waals surface area contributed by atoms with Gasteiger partial charge in [0.05, 0.1) is 18.5 Å². The standard InChI is InChI=1S/C13H17NO4/c15-10-4-3-8-6-9(10)11(16)7-14(8)13(17)12-2-1-5-18-12/h1-2,5,8-11,15-16H,3-4,6-7H2/t8-,9+,10-,11-/m0/s1. The molecule has 18 heavy (non-hydrogen) atoms. The fraction of sp³-hybridized carbons (Fsp3) is 0.615. The Morgan fingerprint density at radius 2 is 2.17 bits per heavy atom. The Bertz CT molecular complexity index is 430. The van der Waals surface area contributed by atoms with Crippen LogP contribution in [0.2, 0.25) is 0 Å². The molecule has 1 aliphatic heterocycles. The first-order chi connectivity index (χ1) is 8.66. The van der Waals surface area contributed by atoms with Crippen molar-refractivity contribution in [3.8, 4) is 0 Å². The Kier molecular flexibility index (Phi) is 2.87. The number of β-amino-alcohol motifs (C(OH)–C–C–N with tert-alkyl or cyclic N) is 1. The molecule has 98 valence electrons. The first kappa shape index (κ1) is 11.7. The molecule has 0 unspecified atom stereocenters. The van der Waals surface area contributed by atoms with Gasteiger partial charge in [0, 0.05) is 18.5 Å². The average molecular weight is 251 g/mol. The maximum Gasteiger partial charge on any atom is 0.289 e. The smallest absolute Gasteiger partial charge is 0.289 e. The molecule has 2 N–H and O–H groups in total. The highest BCUT2D eigenvalue weighted by molar-refractivity contribution is 5.91. The summed E-state index contributed by atoms with van der Waals surface area (Å²) >= 11 is 0. The fourth-order valence-corrected chi connectivity index (χ4v) is 3.14. The van der Waals surface area contributed by atoms with Crippen LogP contribution in [0.3, 0.4) is 0 Å². The molecule has 5 heteroatoms. The van der Waals surface area contributed by atoms with Crippen LogP contribution in [-0.2, 0) is 0 Å². The van der Waals surface area contributed by atoms with Crippen molar-refractivity contribution in [3.05, 3.63) is 24.2 Å². The molecule has 0 spiro atoms. The Labute approximate surface area is 105 Å². The molecule has 4 atom stereocenters. The molecule has 2 bridgehead atoms. The van der Waals surface area contributed by atoms with E-state index in [1.807, 2.05) is 0 Å². The highest BCUT2D eigenvalue weighted by Gasteiger charge is 2.43. The van der Waals surface area contributed by atoms with E-state index in [9.17, 15) is 15.0 Å². The zero-order chi connectivity index (χ0) is 12.7. The van der Waals surface area contributed by atoms with Crippen LogP contribution in [0.5, 0.6) is 0 Å². The number of carbonyl (C=O) groups is 1. The van der Waals surface area contributed by atoms with E-state index in [2.05, 4.69) is 0 Å². The maximum atomic E-state index is 12.2. The van der Waals surface area contributed by atoms with Crippen molar-refractivity contribution in [2.75, 3.05) is 6.54 Å². The summed E-state index contributed by atoms with van der Waals surface area (Å²) in [5.41, 5.74) is 0. The highest BCUT2D eigenvalue weighted by Crippen LogP contribution is 2.35.